The van der Waals surface area contributed by atoms with Gasteiger partial charge >= 0.3 is 12.1 Å². The fourth-order valence-corrected chi connectivity index (χ4v) is 3.38. The molecular weight excluding hydrogens is 386 g/mol. The molecule has 12 heteroatoms. The van der Waals surface area contributed by atoms with Gasteiger partial charge in [0.25, 0.3) is 10.1 Å². The number of amides is 1. The molecule has 1 unspecified atom stereocenters. The third-order valence-electron chi connectivity index (χ3n) is 3.74. The van der Waals surface area contributed by atoms with E-state index >= 15 is 0 Å². The predicted octanol–water partition coefficient (Wildman–Crippen LogP) is -0.128. The van der Waals surface area contributed by atoms with Crippen molar-refractivity contribution < 1.29 is 46.7 Å². The summed E-state index contributed by atoms with van der Waals surface area (Å²) in [5.41, 5.74) is -1.52. The van der Waals surface area contributed by atoms with Crippen molar-refractivity contribution in [2.75, 3.05) is 26.0 Å². The smallest absolute Gasteiger partial charge is 0.479 e. The molecule has 0 saturated heterocycles. The van der Waals surface area contributed by atoms with Gasteiger partial charge in [0, 0.05) is 25.3 Å². The van der Waals surface area contributed by atoms with Gasteiger partial charge in [0.1, 0.15) is 0 Å². The van der Waals surface area contributed by atoms with Gasteiger partial charge in [-0.2, -0.15) is 8.42 Å². The van der Waals surface area contributed by atoms with Gasteiger partial charge in [-0.25, -0.2) is 9.59 Å². The van der Waals surface area contributed by atoms with E-state index in [9.17, 15) is 27.9 Å². The molecule has 0 heterocycles. The number of carboxylic acid groups (broad SMARTS) is 1. The zero-order chi connectivity index (χ0) is 21.3. The van der Waals surface area contributed by atoms with Crippen LogP contribution in [0.15, 0.2) is 0 Å². The number of aliphatic hydroxyl groups is 1. The van der Waals surface area contributed by atoms with Crippen LogP contribution in [0.3, 0.4) is 0 Å². The van der Waals surface area contributed by atoms with Crippen molar-refractivity contribution in [3.05, 3.63) is 0 Å². The molecule has 27 heavy (non-hydrogen) atoms. The number of hydrogen-bond donors (Lipinski definition) is 3. The highest BCUT2D eigenvalue weighted by Gasteiger charge is 2.43. The van der Waals surface area contributed by atoms with Crippen LogP contribution in [0.25, 0.3) is 0 Å². The Kier molecular flexibility index (Phi) is 10.3. The molecule has 0 saturated carbocycles. The minimum atomic E-state index is -4.10. The Morgan fingerprint density at radius 1 is 1.22 bits per heavy atom. The minimum Gasteiger partial charge on any atom is -0.479 e. The van der Waals surface area contributed by atoms with Gasteiger partial charge in [0.05, 0.1) is 25.6 Å². The second-order valence-corrected chi connectivity index (χ2v) is 8.05. The fraction of sp³-hybridized carbons (Fsp3) is 0.800. The van der Waals surface area contributed by atoms with Crippen molar-refractivity contribution >= 4 is 28.1 Å². The summed E-state index contributed by atoms with van der Waals surface area (Å²) in [6, 6.07) is 0. The van der Waals surface area contributed by atoms with E-state index in [1.807, 2.05) is 0 Å². The molecule has 0 fully saturated rings. The van der Waals surface area contributed by atoms with E-state index in [-0.39, 0.29) is 31.9 Å². The Labute approximate surface area is 158 Å². The number of rotatable bonds is 12. The number of aliphatic carboxylic acids is 1. The van der Waals surface area contributed by atoms with E-state index in [1.54, 1.807) is 0 Å². The number of carboxylic acids is 1. The summed E-state index contributed by atoms with van der Waals surface area (Å²) in [5, 5.41) is 21.4. The van der Waals surface area contributed by atoms with Crippen LogP contribution in [0.4, 0.5) is 4.79 Å². The minimum absolute atomic E-state index is 0.0786. The number of methoxy groups -OCH3 is 1. The lowest BCUT2D eigenvalue weighted by molar-refractivity contribution is -0.158. The van der Waals surface area contributed by atoms with Gasteiger partial charge in [-0.15, -0.1) is 0 Å². The number of nitrogens with one attached hydrogen (secondary N) is 1. The van der Waals surface area contributed by atoms with Gasteiger partial charge in [-0.3, -0.25) is 8.98 Å². The molecule has 0 aromatic rings. The number of ether oxygens (including phenoxy) is 2. The first-order valence-corrected chi connectivity index (χ1v) is 9.68. The zero-order valence-corrected chi connectivity index (χ0v) is 16.6. The van der Waals surface area contributed by atoms with E-state index in [4.69, 9.17) is 9.29 Å². The van der Waals surface area contributed by atoms with E-state index in [2.05, 4.69) is 14.8 Å². The molecule has 0 spiro atoms. The molecule has 0 aliphatic rings. The van der Waals surface area contributed by atoms with Crippen LogP contribution >= 0.6 is 0 Å². The monoisotopic (exact) mass is 413 g/mol. The Morgan fingerprint density at radius 2 is 1.81 bits per heavy atom. The summed E-state index contributed by atoms with van der Waals surface area (Å²) in [5.74, 6) is -2.29. The number of aliphatic hydroxyl groups excluding tert-OH is 1. The lowest BCUT2D eigenvalue weighted by Gasteiger charge is -2.35. The molecule has 0 aromatic heterocycles. The highest BCUT2D eigenvalue weighted by molar-refractivity contribution is 7.86. The second kappa shape index (κ2) is 11.0. The quantitative estimate of drug-likeness (QED) is 0.223. The summed E-state index contributed by atoms with van der Waals surface area (Å²) >= 11 is 0. The fourth-order valence-electron chi connectivity index (χ4n) is 2.09. The van der Waals surface area contributed by atoms with Gasteiger partial charge in [-0.05, 0) is 6.42 Å². The zero-order valence-electron chi connectivity index (χ0n) is 15.8. The highest BCUT2D eigenvalue weighted by Crippen LogP contribution is 2.32. The normalized spacial score (nSPS) is 14.1. The molecule has 0 rings (SSSR count). The molecule has 11 nitrogen and oxygen atoms in total. The summed E-state index contributed by atoms with van der Waals surface area (Å²) in [6.45, 7) is 3.74. The maximum Gasteiger partial charge on any atom is 0.507 e. The van der Waals surface area contributed by atoms with Crippen molar-refractivity contribution in [1.82, 2.24) is 5.32 Å². The Bertz CT molecular complexity index is 616. The summed E-state index contributed by atoms with van der Waals surface area (Å²) < 4.78 is 38.4. The molecule has 0 aliphatic heterocycles. The van der Waals surface area contributed by atoms with Crippen LogP contribution in [-0.2, 0) is 33.4 Å². The van der Waals surface area contributed by atoms with E-state index in [1.165, 1.54) is 20.8 Å². The van der Waals surface area contributed by atoms with E-state index in [0.29, 0.717) is 0 Å². The average molecular weight is 413 g/mol. The molecule has 1 amide bonds. The Morgan fingerprint density at radius 3 is 2.30 bits per heavy atom. The molecule has 0 aliphatic carbocycles. The average Bonchev–Trinajstić information content (AvgIpc) is 2.56. The van der Waals surface area contributed by atoms with Gasteiger partial charge in [0.15, 0.2) is 6.10 Å². The summed E-state index contributed by atoms with van der Waals surface area (Å²) in [7, 11) is -3.01. The van der Waals surface area contributed by atoms with Gasteiger partial charge in [0.2, 0.25) is 5.91 Å². The Hall–Kier alpha value is -1.92. The van der Waals surface area contributed by atoms with Crippen molar-refractivity contribution in [3.63, 3.8) is 0 Å². The number of carbonyl (C=O) groups excluding carboxylic acids is 2. The van der Waals surface area contributed by atoms with E-state index in [0.717, 1.165) is 7.11 Å². The standard InChI is InChI=1S/C15H27NO10S/c1-10(17)16-7-5-9-27(22,23)26-11(6-8-25-14(21)24-4)15(2,3)12(18)13(19)20/h11-12,18H,5-9H2,1-4H3,(H,16,17)(H,19,20)/t11?,12-/m0/s1. The maximum absolute atomic E-state index is 12.2. The SMILES string of the molecule is COC(=O)OCCC(OS(=O)(=O)CCCNC(C)=O)C(C)(C)[C@@H](O)C(=O)O. The summed E-state index contributed by atoms with van der Waals surface area (Å²) in [4.78, 5) is 32.9. The molecule has 2 atom stereocenters. The molecule has 0 bridgehead atoms. The molecular formula is C15H27NO10S. The molecule has 3 N–H and O–H groups in total. The molecule has 0 radical (unpaired) electrons. The molecule has 0 aromatic carbocycles. The lowest BCUT2D eigenvalue weighted by Crippen LogP contribution is -2.47. The van der Waals surface area contributed by atoms with Gasteiger partial charge < -0.3 is 25.0 Å². The third-order valence-corrected chi connectivity index (χ3v) is 5.06. The number of carbonyl (C=O) groups is 3. The van der Waals surface area contributed by atoms with Crippen LogP contribution in [0, 0.1) is 5.41 Å². The Balaban J connectivity index is 5.13. The van der Waals surface area contributed by atoms with Crippen molar-refractivity contribution in [2.45, 2.75) is 45.8 Å². The second-order valence-electron chi connectivity index (χ2n) is 6.34. The number of hydrogen-bond acceptors (Lipinski definition) is 9. The van der Waals surface area contributed by atoms with Crippen molar-refractivity contribution in [3.8, 4) is 0 Å². The largest absolute Gasteiger partial charge is 0.507 e. The first kappa shape index (κ1) is 25.1. The van der Waals surface area contributed by atoms with E-state index < -0.39 is 45.6 Å². The van der Waals surface area contributed by atoms with Crippen LogP contribution < -0.4 is 5.32 Å². The molecule has 158 valence electrons. The van der Waals surface area contributed by atoms with Crippen LogP contribution in [0.5, 0.6) is 0 Å². The maximum atomic E-state index is 12.2. The van der Waals surface area contributed by atoms with Crippen molar-refractivity contribution in [1.29, 1.82) is 0 Å². The first-order chi connectivity index (χ1) is 12.3. The highest BCUT2D eigenvalue weighted by atomic mass is 32.2. The summed E-state index contributed by atoms with van der Waals surface area (Å²) in [6.07, 6.45) is -4.33. The van der Waals surface area contributed by atoms with Crippen LogP contribution in [0.1, 0.15) is 33.6 Å². The predicted molar refractivity (Wildman–Crippen MR) is 92.4 cm³/mol. The van der Waals surface area contributed by atoms with Gasteiger partial charge in [-0.1, -0.05) is 13.8 Å². The third kappa shape index (κ3) is 9.54. The first-order valence-electron chi connectivity index (χ1n) is 8.10. The van der Waals surface area contributed by atoms with Crippen LogP contribution in [0.2, 0.25) is 0 Å². The van der Waals surface area contributed by atoms with Crippen molar-refractivity contribution in [2.24, 2.45) is 5.41 Å². The van der Waals surface area contributed by atoms with Crippen LogP contribution in [-0.4, -0.2) is 74.9 Å². The topological polar surface area (TPSA) is 166 Å². The lowest BCUT2D eigenvalue weighted by atomic mass is 9.79.